The van der Waals surface area contributed by atoms with Crippen molar-refractivity contribution in [1.29, 1.82) is 0 Å². The molecule has 3 rings (SSSR count). The maximum Gasteiger partial charge on any atom is 0.216 e. The average Bonchev–Trinajstić information content (AvgIpc) is 3.20. The number of aromatic nitrogens is 4. The molecule has 2 heterocycles. The summed E-state index contributed by atoms with van der Waals surface area (Å²) in [7, 11) is 3.58. The van der Waals surface area contributed by atoms with Crippen molar-refractivity contribution in [2.45, 2.75) is 26.4 Å². The highest BCUT2D eigenvalue weighted by Gasteiger charge is 2.15. The zero-order valence-corrected chi connectivity index (χ0v) is 14.5. The molecular weight excluding hydrogens is 302 g/mol. The summed E-state index contributed by atoms with van der Waals surface area (Å²) in [6.45, 7) is 4.88. The maximum absolute atomic E-state index is 5.44. The van der Waals surface area contributed by atoms with Crippen molar-refractivity contribution in [3.63, 3.8) is 0 Å². The third-order valence-electron chi connectivity index (χ3n) is 4.26. The second-order valence-electron chi connectivity index (χ2n) is 5.86. The smallest absolute Gasteiger partial charge is 0.216 e. The molecule has 0 fully saturated rings. The van der Waals surface area contributed by atoms with Crippen molar-refractivity contribution < 1.29 is 4.74 Å². The Labute approximate surface area is 142 Å². The van der Waals surface area contributed by atoms with E-state index in [4.69, 9.17) is 4.74 Å². The van der Waals surface area contributed by atoms with Crippen molar-refractivity contribution in [3.8, 4) is 11.6 Å². The molecule has 6 nitrogen and oxygen atoms in total. The van der Waals surface area contributed by atoms with Crippen molar-refractivity contribution in [3.05, 3.63) is 59.8 Å². The van der Waals surface area contributed by atoms with E-state index in [2.05, 4.69) is 46.6 Å². The molecule has 6 heteroatoms. The Morgan fingerprint density at radius 2 is 2.00 bits per heavy atom. The van der Waals surface area contributed by atoms with E-state index in [-0.39, 0.29) is 6.04 Å². The van der Waals surface area contributed by atoms with E-state index in [1.54, 1.807) is 24.3 Å². The topological polar surface area (TPSA) is 56.9 Å². The summed E-state index contributed by atoms with van der Waals surface area (Å²) in [6, 6.07) is 8.71. The van der Waals surface area contributed by atoms with Gasteiger partial charge in [-0.05, 0) is 31.5 Å². The zero-order valence-electron chi connectivity index (χ0n) is 14.5. The lowest BCUT2D eigenvalue weighted by Gasteiger charge is -2.15. The van der Waals surface area contributed by atoms with Crippen LogP contribution in [0.15, 0.2) is 43.0 Å². The summed E-state index contributed by atoms with van der Waals surface area (Å²) in [5.41, 5.74) is 4.43. The molecule has 0 amide bonds. The number of aryl methyl sites for hydroxylation is 2. The standard InChI is InChI=1S/C18H23N5O/c1-13(20-11-17-14(2)21-22(3)18(17)24-4)15-5-7-16(8-6-15)23-10-9-19-12-23/h5-10,12-13,20H,11H2,1-4H3/t13-/m1/s1. The largest absolute Gasteiger partial charge is 0.481 e. The van der Waals surface area contributed by atoms with Gasteiger partial charge < -0.3 is 14.6 Å². The average molecular weight is 325 g/mol. The first-order chi connectivity index (χ1) is 11.6. The Morgan fingerprint density at radius 1 is 1.25 bits per heavy atom. The molecule has 1 N–H and O–H groups in total. The fraction of sp³-hybridized carbons (Fsp3) is 0.333. The van der Waals surface area contributed by atoms with Crippen LogP contribution in [-0.4, -0.2) is 26.4 Å². The first-order valence-electron chi connectivity index (χ1n) is 7.98. The van der Waals surface area contributed by atoms with E-state index < -0.39 is 0 Å². The quantitative estimate of drug-likeness (QED) is 0.757. The molecule has 0 aliphatic carbocycles. The first-order valence-corrected chi connectivity index (χ1v) is 7.98. The van der Waals surface area contributed by atoms with Crippen molar-refractivity contribution in [2.24, 2.45) is 7.05 Å². The van der Waals surface area contributed by atoms with Gasteiger partial charge >= 0.3 is 0 Å². The van der Waals surface area contributed by atoms with Gasteiger partial charge in [0.25, 0.3) is 0 Å². The third-order valence-corrected chi connectivity index (χ3v) is 4.26. The zero-order chi connectivity index (χ0) is 17.1. The van der Waals surface area contributed by atoms with Crippen LogP contribution in [0.2, 0.25) is 0 Å². The number of methoxy groups -OCH3 is 1. The van der Waals surface area contributed by atoms with Crippen molar-refractivity contribution >= 4 is 0 Å². The van der Waals surface area contributed by atoms with Crippen LogP contribution in [0.1, 0.15) is 29.8 Å². The van der Waals surface area contributed by atoms with Crippen LogP contribution < -0.4 is 10.1 Å². The van der Waals surface area contributed by atoms with E-state index in [0.29, 0.717) is 6.54 Å². The van der Waals surface area contributed by atoms with Gasteiger partial charge in [-0.15, -0.1) is 0 Å². The number of nitrogens with zero attached hydrogens (tertiary/aromatic N) is 4. The summed E-state index contributed by atoms with van der Waals surface area (Å²) in [4.78, 5) is 4.08. The predicted octanol–water partition coefficient (Wildman–Crippen LogP) is 2.77. The predicted molar refractivity (Wildman–Crippen MR) is 93.3 cm³/mol. The van der Waals surface area contributed by atoms with Crippen LogP contribution in [0.3, 0.4) is 0 Å². The number of benzene rings is 1. The van der Waals surface area contributed by atoms with Gasteiger partial charge in [0, 0.05) is 37.7 Å². The molecule has 126 valence electrons. The number of ether oxygens (including phenoxy) is 1. The number of nitrogens with one attached hydrogen (secondary N) is 1. The fourth-order valence-corrected chi connectivity index (χ4v) is 2.86. The van der Waals surface area contributed by atoms with Crippen molar-refractivity contribution in [1.82, 2.24) is 24.6 Å². The normalized spacial score (nSPS) is 12.3. The summed E-state index contributed by atoms with van der Waals surface area (Å²) in [6.07, 6.45) is 5.52. The van der Waals surface area contributed by atoms with Gasteiger partial charge in [-0.1, -0.05) is 12.1 Å². The van der Waals surface area contributed by atoms with Crippen LogP contribution in [0, 0.1) is 6.92 Å². The van der Waals surface area contributed by atoms with Gasteiger partial charge in [-0.2, -0.15) is 5.10 Å². The minimum Gasteiger partial charge on any atom is -0.481 e. The molecule has 1 atom stereocenters. The molecule has 0 spiro atoms. The first kappa shape index (κ1) is 16.3. The van der Waals surface area contributed by atoms with E-state index >= 15 is 0 Å². The molecule has 24 heavy (non-hydrogen) atoms. The minimum absolute atomic E-state index is 0.228. The van der Waals surface area contributed by atoms with Gasteiger partial charge in [-0.25, -0.2) is 9.67 Å². The molecule has 0 aliphatic rings. The Bertz CT molecular complexity index is 790. The summed E-state index contributed by atoms with van der Waals surface area (Å²) in [5, 5.41) is 7.96. The third kappa shape index (κ3) is 3.19. The molecule has 0 saturated carbocycles. The lowest BCUT2D eigenvalue weighted by Crippen LogP contribution is -2.18. The maximum atomic E-state index is 5.44. The van der Waals surface area contributed by atoms with Crippen LogP contribution in [-0.2, 0) is 13.6 Å². The molecule has 0 aliphatic heterocycles. The van der Waals surface area contributed by atoms with Gasteiger partial charge in [0.2, 0.25) is 5.88 Å². The van der Waals surface area contributed by atoms with E-state index in [0.717, 1.165) is 22.8 Å². The lowest BCUT2D eigenvalue weighted by atomic mass is 10.1. The summed E-state index contributed by atoms with van der Waals surface area (Å²) < 4.78 is 9.21. The second-order valence-corrected chi connectivity index (χ2v) is 5.86. The van der Waals surface area contributed by atoms with Crippen molar-refractivity contribution in [2.75, 3.05) is 7.11 Å². The highest BCUT2D eigenvalue weighted by Crippen LogP contribution is 2.22. The van der Waals surface area contributed by atoms with Crippen LogP contribution in [0.4, 0.5) is 0 Å². The number of rotatable bonds is 6. The lowest BCUT2D eigenvalue weighted by molar-refractivity contribution is 0.367. The Hall–Kier alpha value is -2.60. The van der Waals surface area contributed by atoms with Gasteiger partial charge in [0.1, 0.15) is 0 Å². The number of imidazole rings is 1. The second kappa shape index (κ2) is 6.88. The SMILES string of the molecule is COc1c(CN[C@H](C)c2ccc(-n3ccnc3)cc2)c(C)nn1C. The van der Waals surface area contributed by atoms with Crippen LogP contribution in [0.5, 0.6) is 5.88 Å². The Kier molecular flexibility index (Phi) is 4.66. The van der Waals surface area contributed by atoms with Gasteiger partial charge in [-0.3, -0.25) is 0 Å². The molecule has 3 aromatic rings. The molecular formula is C18H23N5O. The van der Waals surface area contributed by atoms with E-state index in [9.17, 15) is 0 Å². The Balaban J connectivity index is 1.68. The number of hydrogen-bond acceptors (Lipinski definition) is 4. The van der Waals surface area contributed by atoms with Crippen LogP contribution >= 0.6 is 0 Å². The fourth-order valence-electron chi connectivity index (χ4n) is 2.86. The van der Waals surface area contributed by atoms with Gasteiger partial charge in [0.15, 0.2) is 0 Å². The molecule has 1 aromatic carbocycles. The Morgan fingerprint density at radius 3 is 2.62 bits per heavy atom. The van der Waals surface area contributed by atoms with E-state index in [1.807, 2.05) is 24.7 Å². The number of hydrogen-bond donors (Lipinski definition) is 1. The molecule has 0 radical (unpaired) electrons. The molecule has 0 saturated heterocycles. The molecule has 0 unspecified atom stereocenters. The molecule has 2 aromatic heterocycles. The van der Waals surface area contributed by atoms with Gasteiger partial charge in [0.05, 0.1) is 24.7 Å². The highest BCUT2D eigenvalue weighted by molar-refractivity contribution is 5.36. The minimum atomic E-state index is 0.228. The monoisotopic (exact) mass is 325 g/mol. The van der Waals surface area contributed by atoms with E-state index in [1.165, 1.54) is 5.56 Å². The van der Waals surface area contributed by atoms with Crippen LogP contribution in [0.25, 0.3) is 5.69 Å². The summed E-state index contributed by atoms with van der Waals surface area (Å²) >= 11 is 0. The summed E-state index contributed by atoms with van der Waals surface area (Å²) in [5.74, 6) is 0.808. The molecule has 0 bridgehead atoms. The highest BCUT2D eigenvalue weighted by atomic mass is 16.5.